The first kappa shape index (κ1) is 24.9. The van der Waals surface area contributed by atoms with E-state index < -0.39 is 17.6 Å². The maximum Gasteiger partial charge on any atom is 0.306 e. The molecule has 6 heteroatoms. The van der Waals surface area contributed by atoms with Crippen molar-refractivity contribution in [3.8, 4) is 0 Å². The van der Waals surface area contributed by atoms with Crippen LogP contribution in [0.3, 0.4) is 0 Å². The predicted octanol–water partition coefficient (Wildman–Crippen LogP) is 3.55. The van der Waals surface area contributed by atoms with Crippen LogP contribution in [0.1, 0.15) is 64.4 Å². The van der Waals surface area contributed by atoms with Gasteiger partial charge in [-0.25, -0.2) is 0 Å². The number of carbonyl (C=O) groups excluding carboxylic acids is 2. The van der Waals surface area contributed by atoms with E-state index in [1.54, 1.807) is 0 Å². The Morgan fingerprint density at radius 2 is 2.03 bits per heavy atom. The van der Waals surface area contributed by atoms with E-state index in [9.17, 15) is 19.8 Å². The van der Waals surface area contributed by atoms with Gasteiger partial charge in [0, 0.05) is 24.3 Å². The zero-order chi connectivity index (χ0) is 24.3. The molecule has 4 rings (SSSR count). The van der Waals surface area contributed by atoms with Crippen LogP contribution in [0.2, 0.25) is 0 Å². The zero-order valence-corrected chi connectivity index (χ0v) is 20.4. The van der Waals surface area contributed by atoms with Crippen LogP contribution in [-0.4, -0.2) is 45.9 Å². The smallest absolute Gasteiger partial charge is 0.306 e. The molecule has 1 amide bonds. The first-order chi connectivity index (χ1) is 16.3. The lowest BCUT2D eigenvalue weighted by atomic mass is 9.61. The van der Waals surface area contributed by atoms with Gasteiger partial charge in [-0.2, -0.15) is 0 Å². The molecule has 1 aromatic carbocycles. The monoisotopic (exact) mass is 469 g/mol. The Labute approximate surface area is 202 Å². The number of fused-ring (bicyclic) bond motifs is 1. The van der Waals surface area contributed by atoms with E-state index in [2.05, 4.69) is 12.2 Å². The molecule has 0 bridgehead atoms. The van der Waals surface area contributed by atoms with Crippen LogP contribution in [0, 0.1) is 23.7 Å². The van der Waals surface area contributed by atoms with Gasteiger partial charge in [0.15, 0.2) is 5.60 Å². The lowest BCUT2D eigenvalue weighted by molar-refractivity contribution is -0.161. The van der Waals surface area contributed by atoms with Gasteiger partial charge in [0.1, 0.15) is 6.10 Å². The fourth-order valence-electron chi connectivity index (χ4n) is 6.38. The Morgan fingerprint density at radius 1 is 1.26 bits per heavy atom. The molecule has 3 fully saturated rings. The molecule has 2 saturated heterocycles. The highest BCUT2D eigenvalue weighted by Gasteiger charge is 2.63. The molecule has 8 atom stereocenters. The number of hydrogen-bond donors (Lipinski definition) is 3. The van der Waals surface area contributed by atoms with Gasteiger partial charge in [0.25, 0.3) is 5.91 Å². The fraction of sp³-hybridized carbons (Fsp3) is 0.643. The topological polar surface area (TPSA) is 95.9 Å². The minimum atomic E-state index is -1.59. The normalized spacial score (nSPS) is 36.4. The Morgan fingerprint density at radius 3 is 2.74 bits per heavy atom. The molecular weight excluding hydrogens is 430 g/mol. The number of aliphatic hydroxyl groups is 2. The van der Waals surface area contributed by atoms with Crippen molar-refractivity contribution in [3.63, 3.8) is 0 Å². The molecular formula is C28H39NO5. The molecule has 0 spiro atoms. The molecule has 2 heterocycles. The summed E-state index contributed by atoms with van der Waals surface area (Å²) in [6.45, 7) is 4.21. The molecule has 0 aromatic heterocycles. The lowest BCUT2D eigenvalue weighted by Crippen LogP contribution is -2.58. The zero-order valence-electron chi connectivity index (χ0n) is 20.4. The molecule has 3 aliphatic rings. The molecule has 3 N–H and O–H groups in total. The summed E-state index contributed by atoms with van der Waals surface area (Å²) in [6.07, 6.45) is 9.59. The van der Waals surface area contributed by atoms with Crippen LogP contribution in [-0.2, 0) is 20.7 Å². The first-order valence-electron chi connectivity index (χ1n) is 12.9. The molecule has 0 radical (unpaired) electrons. The standard InChI is InChI=1S/C28H39NO5/c1-18(8-6-12-21-14-15-25(31)34-21)9-7-13-22-24(30)16-19(2)26-23(29-27(32)28(22,26)33)17-20-10-4-3-5-11-20/h3-5,7,10-11,13,18-19,21-24,26,30,33H,6,8-9,12,14-17H2,1-2H3,(H,29,32). The number of hydrogen-bond acceptors (Lipinski definition) is 5. The largest absolute Gasteiger partial charge is 0.462 e. The van der Waals surface area contributed by atoms with Gasteiger partial charge in [0.2, 0.25) is 0 Å². The molecule has 8 unspecified atom stereocenters. The van der Waals surface area contributed by atoms with Crippen LogP contribution in [0.25, 0.3) is 0 Å². The summed E-state index contributed by atoms with van der Waals surface area (Å²) in [5.74, 6) is -0.843. The van der Waals surface area contributed by atoms with E-state index in [0.717, 1.165) is 37.7 Å². The van der Waals surface area contributed by atoms with Crippen molar-refractivity contribution in [1.82, 2.24) is 5.32 Å². The summed E-state index contributed by atoms with van der Waals surface area (Å²) in [5.41, 5.74) is -0.466. The van der Waals surface area contributed by atoms with E-state index in [1.807, 2.05) is 49.4 Å². The van der Waals surface area contributed by atoms with Crippen molar-refractivity contribution < 1.29 is 24.5 Å². The van der Waals surface area contributed by atoms with E-state index in [1.165, 1.54) is 0 Å². The van der Waals surface area contributed by atoms with Crippen molar-refractivity contribution in [2.24, 2.45) is 23.7 Å². The summed E-state index contributed by atoms with van der Waals surface area (Å²) in [5, 5.41) is 25.6. The number of rotatable bonds is 9. The Kier molecular flexibility index (Phi) is 7.78. The first-order valence-corrected chi connectivity index (χ1v) is 12.9. The second-order valence-electron chi connectivity index (χ2n) is 10.8. The van der Waals surface area contributed by atoms with Crippen molar-refractivity contribution >= 4 is 11.9 Å². The number of aliphatic hydroxyl groups excluding tert-OH is 1. The molecule has 1 aromatic rings. The van der Waals surface area contributed by atoms with Crippen LogP contribution >= 0.6 is 0 Å². The second-order valence-corrected chi connectivity index (χ2v) is 10.8. The van der Waals surface area contributed by atoms with Crippen molar-refractivity contribution in [1.29, 1.82) is 0 Å². The molecule has 6 nitrogen and oxygen atoms in total. The molecule has 1 saturated carbocycles. The van der Waals surface area contributed by atoms with Gasteiger partial charge in [-0.1, -0.05) is 62.8 Å². The highest BCUT2D eigenvalue weighted by Crippen LogP contribution is 2.48. The van der Waals surface area contributed by atoms with E-state index >= 15 is 0 Å². The average Bonchev–Trinajstić information content (AvgIpc) is 3.31. The van der Waals surface area contributed by atoms with Gasteiger partial charge >= 0.3 is 5.97 Å². The Hall–Kier alpha value is -2.18. The quantitative estimate of drug-likeness (QED) is 0.380. The number of ether oxygens (including phenoxy) is 1. The highest BCUT2D eigenvalue weighted by atomic mass is 16.5. The minimum Gasteiger partial charge on any atom is -0.462 e. The summed E-state index contributed by atoms with van der Waals surface area (Å²) in [7, 11) is 0. The van der Waals surface area contributed by atoms with Gasteiger partial charge in [-0.3, -0.25) is 9.59 Å². The second kappa shape index (κ2) is 10.6. The number of allylic oxidation sites excluding steroid dienone is 1. The fourth-order valence-corrected chi connectivity index (χ4v) is 6.38. The maximum absolute atomic E-state index is 13.1. The van der Waals surface area contributed by atoms with Crippen molar-refractivity contribution in [3.05, 3.63) is 48.0 Å². The van der Waals surface area contributed by atoms with Gasteiger partial charge < -0.3 is 20.3 Å². The SMILES string of the molecule is CC(CC=CC1C(O)CC(C)C2C(Cc3ccccc3)NC(=O)C12O)CCCC1CCC(=O)O1. The number of esters is 1. The van der Waals surface area contributed by atoms with E-state index in [0.29, 0.717) is 25.2 Å². The summed E-state index contributed by atoms with van der Waals surface area (Å²) < 4.78 is 5.29. The highest BCUT2D eigenvalue weighted by molar-refractivity contribution is 5.89. The summed E-state index contributed by atoms with van der Waals surface area (Å²) in [4.78, 5) is 24.3. The predicted molar refractivity (Wildman–Crippen MR) is 130 cm³/mol. The van der Waals surface area contributed by atoms with Crippen LogP contribution in [0.4, 0.5) is 0 Å². The number of amides is 1. The Balaban J connectivity index is 1.36. The van der Waals surface area contributed by atoms with Crippen molar-refractivity contribution in [2.75, 3.05) is 0 Å². The number of benzene rings is 1. The number of cyclic esters (lactones) is 1. The molecule has 34 heavy (non-hydrogen) atoms. The maximum atomic E-state index is 13.1. The third-order valence-electron chi connectivity index (χ3n) is 8.14. The van der Waals surface area contributed by atoms with Gasteiger partial charge in [-0.15, -0.1) is 0 Å². The third-order valence-corrected chi connectivity index (χ3v) is 8.14. The molecule has 1 aliphatic carbocycles. The van der Waals surface area contributed by atoms with Crippen LogP contribution in [0.5, 0.6) is 0 Å². The summed E-state index contributed by atoms with van der Waals surface area (Å²) >= 11 is 0. The van der Waals surface area contributed by atoms with E-state index in [-0.39, 0.29) is 35.9 Å². The van der Waals surface area contributed by atoms with Crippen LogP contribution < -0.4 is 5.32 Å². The van der Waals surface area contributed by atoms with Crippen molar-refractivity contribution in [2.45, 2.75) is 89.1 Å². The van der Waals surface area contributed by atoms with Gasteiger partial charge in [-0.05, 0) is 55.9 Å². The Bertz CT molecular complexity index is 886. The summed E-state index contributed by atoms with van der Waals surface area (Å²) in [6, 6.07) is 9.88. The molecule has 2 aliphatic heterocycles. The molecule has 186 valence electrons. The minimum absolute atomic E-state index is 0.0286. The third kappa shape index (κ3) is 5.23. The van der Waals surface area contributed by atoms with E-state index in [4.69, 9.17) is 4.74 Å². The number of carbonyl (C=O) groups is 2. The van der Waals surface area contributed by atoms with Crippen LogP contribution in [0.15, 0.2) is 42.5 Å². The average molecular weight is 470 g/mol. The number of nitrogens with one attached hydrogen (secondary N) is 1. The lowest BCUT2D eigenvalue weighted by Gasteiger charge is -2.45. The van der Waals surface area contributed by atoms with Gasteiger partial charge in [0.05, 0.1) is 6.10 Å².